The number of carbonyl (C=O) groups is 1. The molecule has 3 heterocycles. The van der Waals surface area contributed by atoms with E-state index in [1.165, 1.54) is 0 Å². The minimum Gasteiger partial charge on any atom is -0.451 e. The first-order chi connectivity index (χ1) is 12.6. The van der Waals surface area contributed by atoms with Crippen molar-refractivity contribution in [1.82, 2.24) is 0 Å². The van der Waals surface area contributed by atoms with Crippen molar-refractivity contribution < 1.29 is 38.0 Å². The van der Waals surface area contributed by atoms with Crippen LogP contribution in [0.15, 0.2) is 0 Å². The molecular formula is C18H30O8. The fourth-order valence-electron chi connectivity index (χ4n) is 2.32. The van der Waals surface area contributed by atoms with Gasteiger partial charge in [-0.3, -0.25) is 4.79 Å². The van der Waals surface area contributed by atoms with Gasteiger partial charge in [0.05, 0.1) is 65.4 Å². The van der Waals surface area contributed by atoms with Gasteiger partial charge in [0.2, 0.25) is 0 Å². The second-order valence-electron chi connectivity index (χ2n) is 7.32. The highest BCUT2D eigenvalue weighted by molar-refractivity contribution is 5.72. The number of carbonyl (C=O) groups excluding carboxylic acids is 1. The molecule has 0 amide bonds. The third kappa shape index (κ3) is 7.09. The quantitative estimate of drug-likeness (QED) is 0.303. The van der Waals surface area contributed by atoms with E-state index in [1.807, 2.05) is 13.8 Å². The van der Waals surface area contributed by atoms with Crippen LogP contribution in [0, 0.1) is 5.92 Å². The van der Waals surface area contributed by atoms with Gasteiger partial charge in [-0.1, -0.05) is 13.8 Å². The number of hydrogen-bond donors (Lipinski definition) is 0. The summed E-state index contributed by atoms with van der Waals surface area (Å²) in [6.07, 6.45) is 1.12. The van der Waals surface area contributed by atoms with Gasteiger partial charge in [0.25, 0.3) is 0 Å². The van der Waals surface area contributed by atoms with E-state index in [-0.39, 0.29) is 50.0 Å². The maximum atomic E-state index is 12.5. The third-order valence-corrected chi connectivity index (χ3v) is 4.55. The van der Waals surface area contributed by atoms with Gasteiger partial charge >= 0.3 is 5.97 Å². The zero-order valence-corrected chi connectivity index (χ0v) is 15.6. The fourth-order valence-corrected chi connectivity index (χ4v) is 2.32. The first kappa shape index (κ1) is 20.0. The largest absolute Gasteiger partial charge is 0.451 e. The fraction of sp³-hybridized carbons (Fsp3) is 0.944. The minimum absolute atomic E-state index is 0.138. The van der Waals surface area contributed by atoms with Gasteiger partial charge in [0.1, 0.15) is 18.3 Å². The summed E-state index contributed by atoms with van der Waals surface area (Å²) in [6, 6.07) is 0. The summed E-state index contributed by atoms with van der Waals surface area (Å²) in [7, 11) is 0. The molecule has 0 radical (unpaired) electrons. The Morgan fingerprint density at radius 3 is 1.62 bits per heavy atom. The molecule has 3 saturated heterocycles. The molecule has 0 aromatic carbocycles. The average molecular weight is 374 g/mol. The van der Waals surface area contributed by atoms with Crippen LogP contribution in [0.5, 0.6) is 0 Å². The molecule has 150 valence electrons. The SMILES string of the molecule is CCC(C)C(=O)OC(COCC1CO1)(COCC1CO1)COCC1CO1. The van der Waals surface area contributed by atoms with E-state index in [4.69, 9.17) is 33.2 Å². The molecule has 0 bridgehead atoms. The summed E-state index contributed by atoms with van der Waals surface area (Å²) in [5.74, 6) is -0.462. The standard InChI is InChI=1S/C18H30O8/c1-3-13(2)17(19)26-18(10-20-4-14-7-23-14,11-21-5-15-8-24-15)12-22-6-16-9-25-16/h13-16H,3-12H2,1-2H3. The van der Waals surface area contributed by atoms with Gasteiger partial charge in [-0.05, 0) is 6.42 Å². The summed E-state index contributed by atoms with van der Waals surface area (Å²) in [5, 5.41) is 0. The normalized spacial score (nSPS) is 29.7. The van der Waals surface area contributed by atoms with Crippen LogP contribution in [-0.2, 0) is 38.0 Å². The van der Waals surface area contributed by atoms with Crippen LogP contribution < -0.4 is 0 Å². The number of hydrogen-bond acceptors (Lipinski definition) is 8. The van der Waals surface area contributed by atoms with E-state index >= 15 is 0 Å². The lowest BCUT2D eigenvalue weighted by atomic mass is 10.1. The summed E-state index contributed by atoms with van der Waals surface area (Å²) in [5.41, 5.74) is -0.987. The minimum atomic E-state index is -0.987. The van der Waals surface area contributed by atoms with Gasteiger partial charge < -0.3 is 33.2 Å². The molecule has 3 rings (SSSR count). The average Bonchev–Trinajstić information content (AvgIpc) is 3.46. The number of ether oxygens (including phenoxy) is 7. The van der Waals surface area contributed by atoms with Crippen LogP contribution in [0.4, 0.5) is 0 Å². The molecule has 0 aromatic heterocycles. The van der Waals surface area contributed by atoms with Gasteiger partial charge in [-0.25, -0.2) is 0 Å². The zero-order chi connectivity index (χ0) is 18.4. The van der Waals surface area contributed by atoms with Crippen molar-refractivity contribution in [3.63, 3.8) is 0 Å². The highest BCUT2D eigenvalue weighted by Crippen LogP contribution is 2.21. The first-order valence-corrected chi connectivity index (χ1v) is 9.41. The molecule has 0 saturated carbocycles. The lowest BCUT2D eigenvalue weighted by molar-refractivity contribution is -0.192. The Morgan fingerprint density at radius 2 is 1.31 bits per heavy atom. The Morgan fingerprint density at radius 1 is 0.923 bits per heavy atom. The first-order valence-electron chi connectivity index (χ1n) is 9.41. The maximum Gasteiger partial charge on any atom is 0.309 e. The molecule has 0 N–H and O–H groups in total. The predicted molar refractivity (Wildman–Crippen MR) is 90.0 cm³/mol. The molecule has 3 aliphatic rings. The number of rotatable bonds is 15. The molecule has 0 spiro atoms. The van der Waals surface area contributed by atoms with Crippen molar-refractivity contribution in [1.29, 1.82) is 0 Å². The van der Waals surface area contributed by atoms with Gasteiger partial charge in [0.15, 0.2) is 5.60 Å². The molecule has 3 aliphatic heterocycles. The molecule has 0 aliphatic carbocycles. The van der Waals surface area contributed by atoms with Crippen molar-refractivity contribution in [2.24, 2.45) is 5.92 Å². The highest BCUT2D eigenvalue weighted by atomic mass is 16.6. The highest BCUT2D eigenvalue weighted by Gasteiger charge is 2.39. The molecular weight excluding hydrogens is 344 g/mol. The van der Waals surface area contributed by atoms with Crippen molar-refractivity contribution in [3.05, 3.63) is 0 Å². The van der Waals surface area contributed by atoms with Crippen LogP contribution >= 0.6 is 0 Å². The molecule has 4 unspecified atom stereocenters. The van der Waals surface area contributed by atoms with Crippen LogP contribution in [0.25, 0.3) is 0 Å². The van der Waals surface area contributed by atoms with Crippen LogP contribution in [0.3, 0.4) is 0 Å². The Balaban J connectivity index is 1.57. The summed E-state index contributed by atoms with van der Waals surface area (Å²) in [6.45, 7) is 7.96. The smallest absolute Gasteiger partial charge is 0.309 e. The number of epoxide rings is 3. The molecule has 0 aromatic rings. The molecule has 8 nitrogen and oxygen atoms in total. The van der Waals surface area contributed by atoms with E-state index in [0.29, 0.717) is 46.1 Å². The Bertz CT molecular complexity index is 399. The Labute approximate surface area is 154 Å². The maximum absolute atomic E-state index is 12.5. The monoisotopic (exact) mass is 374 g/mol. The van der Waals surface area contributed by atoms with Gasteiger partial charge in [-0.2, -0.15) is 0 Å². The van der Waals surface area contributed by atoms with E-state index in [0.717, 1.165) is 0 Å². The molecule has 26 heavy (non-hydrogen) atoms. The predicted octanol–water partition coefficient (Wildman–Crippen LogP) is 0.561. The van der Waals surface area contributed by atoms with E-state index in [9.17, 15) is 4.79 Å². The van der Waals surface area contributed by atoms with Crippen LogP contribution in [0.2, 0.25) is 0 Å². The zero-order valence-electron chi connectivity index (χ0n) is 15.6. The van der Waals surface area contributed by atoms with E-state index < -0.39 is 5.60 Å². The van der Waals surface area contributed by atoms with E-state index in [1.54, 1.807) is 0 Å². The van der Waals surface area contributed by atoms with Gasteiger partial charge in [0, 0.05) is 0 Å². The van der Waals surface area contributed by atoms with Crippen molar-refractivity contribution in [3.8, 4) is 0 Å². The summed E-state index contributed by atoms with van der Waals surface area (Å²) < 4.78 is 38.7. The molecule has 3 fully saturated rings. The van der Waals surface area contributed by atoms with Crippen LogP contribution in [0.1, 0.15) is 20.3 Å². The van der Waals surface area contributed by atoms with Crippen molar-refractivity contribution in [2.75, 3.05) is 59.5 Å². The second kappa shape index (κ2) is 9.43. The van der Waals surface area contributed by atoms with E-state index in [2.05, 4.69) is 0 Å². The topological polar surface area (TPSA) is 91.6 Å². The lowest BCUT2D eigenvalue weighted by Crippen LogP contribution is -2.50. The van der Waals surface area contributed by atoms with Crippen molar-refractivity contribution in [2.45, 2.75) is 44.2 Å². The van der Waals surface area contributed by atoms with Gasteiger partial charge in [-0.15, -0.1) is 0 Å². The Hall–Kier alpha value is -0.770. The third-order valence-electron chi connectivity index (χ3n) is 4.55. The second-order valence-corrected chi connectivity index (χ2v) is 7.32. The Kier molecular flexibility index (Phi) is 7.25. The summed E-state index contributed by atoms with van der Waals surface area (Å²) >= 11 is 0. The molecule has 8 heteroatoms. The molecule has 4 atom stereocenters. The van der Waals surface area contributed by atoms with Crippen LogP contribution in [-0.4, -0.2) is 89.3 Å². The summed E-state index contributed by atoms with van der Waals surface area (Å²) in [4.78, 5) is 12.5. The lowest BCUT2D eigenvalue weighted by Gasteiger charge is -2.33. The van der Waals surface area contributed by atoms with Crippen molar-refractivity contribution >= 4 is 5.97 Å². The number of esters is 1.